The van der Waals surface area contributed by atoms with Crippen LogP contribution in [-0.2, 0) is 0 Å². The van der Waals surface area contributed by atoms with E-state index in [0.717, 1.165) is 17.9 Å². The lowest BCUT2D eigenvalue weighted by Crippen LogP contribution is -2.12. The molecule has 0 aliphatic rings. The van der Waals surface area contributed by atoms with Crippen molar-refractivity contribution in [3.05, 3.63) is 54.3 Å². The molecule has 0 unspecified atom stereocenters. The zero-order chi connectivity index (χ0) is 19.1. The Morgan fingerprint density at radius 2 is 1.67 bits per heavy atom. The quantitative estimate of drug-likeness (QED) is 0.342. The molecule has 0 bridgehead atoms. The monoisotopic (exact) mass is 388 g/mol. The molecule has 0 saturated carbocycles. The van der Waals surface area contributed by atoms with E-state index in [4.69, 9.17) is 15.3 Å². The molecule has 2 N–H and O–H groups in total. The summed E-state index contributed by atoms with van der Waals surface area (Å²) in [6.45, 7) is 3.24. The summed E-state index contributed by atoms with van der Waals surface area (Å²) in [5.41, 5.74) is 0.320. The first-order chi connectivity index (χ1) is 13.2. The maximum Gasteiger partial charge on any atom is 0.210 e. The Bertz CT molecular complexity index is 870. The molecule has 2 aromatic carbocycles. The molecule has 142 valence electrons. The third-order valence-electron chi connectivity index (χ3n) is 3.66. The average Bonchev–Trinajstić information content (AvgIpc) is 3.05. The number of rotatable bonds is 9. The highest BCUT2D eigenvalue weighted by atomic mass is 32.2. The second kappa shape index (κ2) is 9.27. The Labute approximate surface area is 161 Å². The van der Waals surface area contributed by atoms with Gasteiger partial charge in [-0.25, -0.2) is 9.07 Å². The van der Waals surface area contributed by atoms with Crippen LogP contribution in [0.4, 0.5) is 4.39 Å². The van der Waals surface area contributed by atoms with Crippen LogP contribution in [0.25, 0.3) is 11.4 Å². The maximum absolute atomic E-state index is 13.9. The number of ether oxygens (including phenoxy) is 2. The van der Waals surface area contributed by atoms with Gasteiger partial charge in [-0.2, -0.15) is 0 Å². The highest BCUT2D eigenvalue weighted by Gasteiger charge is 2.15. The smallest absolute Gasteiger partial charge is 0.210 e. The second-order valence-corrected chi connectivity index (χ2v) is 6.73. The van der Waals surface area contributed by atoms with Gasteiger partial charge in [-0.05, 0) is 42.8 Å². The van der Waals surface area contributed by atoms with E-state index >= 15 is 0 Å². The second-order valence-electron chi connectivity index (χ2n) is 5.67. The van der Waals surface area contributed by atoms with Gasteiger partial charge in [0.05, 0.1) is 18.8 Å². The van der Waals surface area contributed by atoms with Crippen LogP contribution in [0.1, 0.15) is 13.3 Å². The van der Waals surface area contributed by atoms with E-state index in [0.29, 0.717) is 35.5 Å². The maximum atomic E-state index is 13.9. The van der Waals surface area contributed by atoms with E-state index in [1.54, 1.807) is 18.2 Å². The molecular weight excluding hydrogens is 367 g/mol. The highest BCUT2D eigenvalue weighted by Crippen LogP contribution is 2.24. The van der Waals surface area contributed by atoms with Crippen molar-refractivity contribution in [1.29, 1.82) is 0 Å². The molecule has 0 radical (unpaired) electrons. The SMILES string of the molecule is CCCOc1ccc(OCCSc2nnc(-c3ccccc3F)n2N)cc1. The molecule has 0 fully saturated rings. The van der Waals surface area contributed by atoms with Gasteiger partial charge in [0.2, 0.25) is 5.16 Å². The highest BCUT2D eigenvalue weighted by molar-refractivity contribution is 7.99. The zero-order valence-corrected chi connectivity index (χ0v) is 15.8. The molecule has 0 amide bonds. The summed E-state index contributed by atoms with van der Waals surface area (Å²) in [6, 6.07) is 13.8. The first kappa shape index (κ1) is 19.0. The lowest BCUT2D eigenvalue weighted by atomic mass is 10.2. The van der Waals surface area contributed by atoms with Crippen LogP contribution in [0, 0.1) is 5.82 Å². The van der Waals surface area contributed by atoms with Gasteiger partial charge in [0.1, 0.15) is 17.3 Å². The van der Waals surface area contributed by atoms with Gasteiger partial charge in [-0.15, -0.1) is 10.2 Å². The summed E-state index contributed by atoms with van der Waals surface area (Å²) in [5, 5.41) is 8.52. The molecule has 3 aromatic rings. The number of hydrogen-bond donors (Lipinski definition) is 1. The number of thioether (sulfide) groups is 1. The van der Waals surface area contributed by atoms with E-state index in [1.807, 2.05) is 24.3 Å². The Hall–Kier alpha value is -2.74. The fourth-order valence-corrected chi connectivity index (χ4v) is 3.02. The minimum Gasteiger partial charge on any atom is -0.494 e. The molecule has 0 aliphatic carbocycles. The van der Waals surface area contributed by atoms with E-state index in [9.17, 15) is 4.39 Å². The standard InChI is InChI=1S/C19H21FN4O2S/c1-2-11-25-14-7-9-15(10-8-14)26-12-13-27-19-23-22-18(24(19)21)16-5-3-4-6-17(16)20/h3-10H,2,11-13,21H2,1H3. The van der Waals surface area contributed by atoms with Gasteiger partial charge >= 0.3 is 0 Å². The first-order valence-corrected chi connectivity index (χ1v) is 9.61. The van der Waals surface area contributed by atoms with E-state index in [-0.39, 0.29) is 5.82 Å². The summed E-state index contributed by atoms with van der Waals surface area (Å²) >= 11 is 1.39. The van der Waals surface area contributed by atoms with Crippen molar-refractivity contribution in [2.45, 2.75) is 18.5 Å². The number of halogens is 1. The van der Waals surface area contributed by atoms with Crippen molar-refractivity contribution >= 4 is 11.8 Å². The summed E-state index contributed by atoms with van der Waals surface area (Å²) in [6.07, 6.45) is 0.972. The van der Waals surface area contributed by atoms with Crippen LogP contribution < -0.4 is 15.3 Å². The summed E-state index contributed by atoms with van der Waals surface area (Å²) in [5.74, 6) is 8.13. The molecular formula is C19H21FN4O2S. The van der Waals surface area contributed by atoms with Gasteiger partial charge in [-0.1, -0.05) is 30.8 Å². The van der Waals surface area contributed by atoms with Crippen LogP contribution >= 0.6 is 11.8 Å². The van der Waals surface area contributed by atoms with Crippen molar-refractivity contribution in [3.8, 4) is 22.9 Å². The van der Waals surface area contributed by atoms with Gasteiger partial charge in [0.15, 0.2) is 5.82 Å². The molecule has 0 aliphatic heterocycles. The molecule has 6 nitrogen and oxygen atoms in total. The van der Waals surface area contributed by atoms with Crippen LogP contribution in [0.15, 0.2) is 53.7 Å². The van der Waals surface area contributed by atoms with Crippen LogP contribution in [0.3, 0.4) is 0 Å². The Morgan fingerprint density at radius 3 is 2.33 bits per heavy atom. The molecule has 0 spiro atoms. The van der Waals surface area contributed by atoms with Crippen molar-refractivity contribution < 1.29 is 13.9 Å². The minimum atomic E-state index is -0.386. The number of nitrogen functional groups attached to an aromatic ring is 1. The van der Waals surface area contributed by atoms with Crippen molar-refractivity contribution in [3.63, 3.8) is 0 Å². The Balaban J connectivity index is 1.50. The van der Waals surface area contributed by atoms with E-state index < -0.39 is 0 Å². The molecule has 0 atom stereocenters. The number of nitrogens with two attached hydrogens (primary N) is 1. The molecule has 1 heterocycles. The minimum absolute atomic E-state index is 0.291. The fourth-order valence-electron chi connectivity index (χ4n) is 2.35. The number of aromatic nitrogens is 3. The van der Waals surface area contributed by atoms with Crippen LogP contribution in [0.2, 0.25) is 0 Å². The molecule has 8 heteroatoms. The lowest BCUT2D eigenvalue weighted by molar-refractivity contribution is 0.314. The molecule has 0 saturated heterocycles. The predicted molar refractivity (Wildman–Crippen MR) is 104 cm³/mol. The molecule has 27 heavy (non-hydrogen) atoms. The lowest BCUT2D eigenvalue weighted by Gasteiger charge is -2.08. The third kappa shape index (κ3) is 4.91. The van der Waals surface area contributed by atoms with Crippen molar-refractivity contribution in [2.24, 2.45) is 0 Å². The van der Waals surface area contributed by atoms with Crippen molar-refractivity contribution in [2.75, 3.05) is 24.8 Å². The zero-order valence-electron chi connectivity index (χ0n) is 15.0. The van der Waals surface area contributed by atoms with Gasteiger partial charge in [0, 0.05) is 5.75 Å². The molecule has 1 aromatic heterocycles. The van der Waals surface area contributed by atoms with Gasteiger partial charge in [0.25, 0.3) is 0 Å². The largest absolute Gasteiger partial charge is 0.494 e. The topological polar surface area (TPSA) is 75.2 Å². The van der Waals surface area contributed by atoms with Crippen LogP contribution in [-0.4, -0.2) is 33.8 Å². The first-order valence-electron chi connectivity index (χ1n) is 8.63. The van der Waals surface area contributed by atoms with Gasteiger partial charge in [-0.3, -0.25) is 0 Å². The summed E-state index contributed by atoms with van der Waals surface area (Å²) in [7, 11) is 0. The normalized spacial score (nSPS) is 10.7. The van der Waals surface area contributed by atoms with Crippen molar-refractivity contribution in [1.82, 2.24) is 14.9 Å². The average molecular weight is 388 g/mol. The third-order valence-corrected chi connectivity index (χ3v) is 4.57. The summed E-state index contributed by atoms with van der Waals surface area (Å²) < 4.78 is 26.4. The predicted octanol–water partition coefficient (Wildman–Crippen LogP) is 3.76. The molecule has 3 rings (SSSR count). The van der Waals surface area contributed by atoms with Crippen LogP contribution in [0.5, 0.6) is 11.5 Å². The Kier molecular flexibility index (Phi) is 6.54. The number of nitrogens with zero attached hydrogens (tertiary/aromatic N) is 3. The fraction of sp³-hybridized carbons (Fsp3) is 0.263. The summed E-state index contributed by atoms with van der Waals surface area (Å²) in [4.78, 5) is 0. The van der Waals surface area contributed by atoms with E-state index in [2.05, 4.69) is 17.1 Å². The van der Waals surface area contributed by atoms with Gasteiger partial charge < -0.3 is 15.3 Å². The number of benzene rings is 2. The number of hydrogen-bond acceptors (Lipinski definition) is 6. The Morgan fingerprint density at radius 1 is 1.00 bits per heavy atom. The van der Waals surface area contributed by atoms with E-state index in [1.165, 1.54) is 22.5 Å².